The quantitative estimate of drug-likeness (QED) is 0.800. The molecule has 0 unspecified atom stereocenters. The van der Waals surface area contributed by atoms with Crippen molar-refractivity contribution in [2.75, 3.05) is 0 Å². The predicted molar refractivity (Wildman–Crippen MR) is 72.5 cm³/mol. The Morgan fingerprint density at radius 1 is 1.23 bits per heavy atom. The van der Waals surface area contributed by atoms with E-state index in [1.165, 1.54) is 24.5 Å². The lowest BCUT2D eigenvalue weighted by molar-refractivity contribution is -0.137. The summed E-state index contributed by atoms with van der Waals surface area (Å²) in [5.74, 6) is -0.738. The van der Waals surface area contributed by atoms with Gasteiger partial charge in [0.25, 0.3) is 0 Å². The van der Waals surface area contributed by atoms with Gasteiger partial charge in [-0.25, -0.2) is 4.98 Å². The molecule has 22 heavy (non-hydrogen) atoms. The van der Waals surface area contributed by atoms with Crippen LogP contribution in [0.3, 0.4) is 0 Å². The third kappa shape index (κ3) is 1.68. The molecule has 3 heterocycles. The number of allylic oxidation sites excluding steroid dienone is 1. The van der Waals surface area contributed by atoms with Crippen LogP contribution in [-0.4, -0.2) is 21.0 Å². The van der Waals surface area contributed by atoms with E-state index in [1.54, 1.807) is 10.8 Å². The van der Waals surface area contributed by atoms with Crippen LogP contribution >= 0.6 is 0 Å². The summed E-state index contributed by atoms with van der Waals surface area (Å²) in [7, 11) is 0. The number of rotatable bonds is 2. The van der Waals surface area contributed by atoms with E-state index in [0.717, 1.165) is 11.8 Å². The Hall–Kier alpha value is -2.70. The second-order valence-corrected chi connectivity index (χ2v) is 5.06. The highest BCUT2D eigenvalue weighted by Gasteiger charge is 2.38. The first-order valence-corrected chi connectivity index (χ1v) is 6.51. The number of hydrogen-bond donors (Lipinski definition) is 0. The van der Waals surface area contributed by atoms with Crippen LogP contribution in [0.25, 0.3) is 5.70 Å². The van der Waals surface area contributed by atoms with Gasteiger partial charge >= 0.3 is 6.18 Å². The highest BCUT2D eigenvalue weighted by Crippen LogP contribution is 2.36. The molecule has 0 atom stereocenters. The lowest BCUT2D eigenvalue weighted by Crippen LogP contribution is -2.16. The zero-order valence-electron chi connectivity index (χ0n) is 11.1. The van der Waals surface area contributed by atoms with Crippen molar-refractivity contribution in [2.45, 2.75) is 12.6 Å². The molecule has 0 radical (unpaired) electrons. The van der Waals surface area contributed by atoms with Crippen molar-refractivity contribution in [2.24, 2.45) is 4.99 Å². The maximum atomic E-state index is 13.1. The molecule has 1 aromatic carbocycles. The molecule has 4 rings (SSSR count). The van der Waals surface area contributed by atoms with Crippen molar-refractivity contribution in [3.63, 3.8) is 0 Å². The van der Waals surface area contributed by atoms with Gasteiger partial charge in [0.2, 0.25) is 5.78 Å². The summed E-state index contributed by atoms with van der Waals surface area (Å²) in [6.07, 6.45) is -0.887. The van der Waals surface area contributed by atoms with E-state index in [0.29, 0.717) is 17.8 Å². The highest BCUT2D eigenvalue weighted by atomic mass is 19.4. The number of fused-ring (bicyclic) bond motifs is 5. The zero-order valence-corrected chi connectivity index (χ0v) is 11.1. The molecule has 0 amide bonds. The van der Waals surface area contributed by atoms with Crippen LogP contribution in [0.15, 0.2) is 41.8 Å². The van der Waals surface area contributed by atoms with E-state index >= 15 is 0 Å². The van der Waals surface area contributed by atoms with Crippen LogP contribution in [0.5, 0.6) is 0 Å². The Kier molecular flexibility index (Phi) is 2.46. The molecular weight excluding hydrogens is 295 g/mol. The minimum absolute atomic E-state index is 0.0125. The van der Waals surface area contributed by atoms with Gasteiger partial charge in [-0.2, -0.15) is 13.2 Å². The summed E-state index contributed by atoms with van der Waals surface area (Å²) in [5, 5.41) is 0. The van der Waals surface area contributed by atoms with Crippen LogP contribution in [0.4, 0.5) is 13.2 Å². The standard InChI is InChI=1S/C15H8F3N3O/c16-15(17,18)10-4-2-1-3-9(10)14(22)12-13-11-5-8(6-19-11)21(13)7-20-12/h1-4,6-7H,5H2. The largest absolute Gasteiger partial charge is 0.417 e. The van der Waals surface area contributed by atoms with Crippen molar-refractivity contribution in [1.82, 2.24) is 9.55 Å². The Balaban J connectivity index is 1.84. The monoisotopic (exact) mass is 303 g/mol. The van der Waals surface area contributed by atoms with Gasteiger partial charge in [0, 0.05) is 23.9 Å². The summed E-state index contributed by atoms with van der Waals surface area (Å²) < 4.78 is 40.9. The number of benzene rings is 1. The molecule has 0 saturated carbocycles. The van der Waals surface area contributed by atoms with Gasteiger partial charge in [-0.15, -0.1) is 0 Å². The van der Waals surface area contributed by atoms with E-state index in [1.807, 2.05) is 0 Å². The van der Waals surface area contributed by atoms with Crippen molar-refractivity contribution in [3.05, 3.63) is 59.3 Å². The molecule has 2 bridgehead atoms. The van der Waals surface area contributed by atoms with Gasteiger partial charge in [-0.3, -0.25) is 14.4 Å². The number of ketones is 1. The fraction of sp³-hybridized carbons (Fsp3) is 0.133. The maximum Gasteiger partial charge on any atom is 0.417 e. The molecule has 0 saturated heterocycles. The van der Waals surface area contributed by atoms with Gasteiger partial charge in [-0.05, 0) is 6.07 Å². The van der Waals surface area contributed by atoms with Gasteiger partial charge in [0.1, 0.15) is 12.0 Å². The average molecular weight is 303 g/mol. The SMILES string of the molecule is O=C(c1ccccc1C(F)(F)F)c1ncn2c1C1=NC=C2C1. The molecular formula is C15H8F3N3O. The van der Waals surface area contributed by atoms with Gasteiger partial charge in [0.05, 0.1) is 17.0 Å². The van der Waals surface area contributed by atoms with Crippen LogP contribution in [0, 0.1) is 0 Å². The third-order valence-electron chi connectivity index (χ3n) is 3.76. The maximum absolute atomic E-state index is 13.1. The van der Waals surface area contributed by atoms with Crippen LogP contribution in [0.2, 0.25) is 0 Å². The van der Waals surface area contributed by atoms with Crippen LogP contribution < -0.4 is 0 Å². The molecule has 1 aromatic heterocycles. The molecule has 2 aromatic rings. The summed E-state index contributed by atoms with van der Waals surface area (Å²) in [5.41, 5.74) is 0.707. The fourth-order valence-electron chi connectivity index (χ4n) is 2.77. The normalized spacial score (nSPS) is 15.6. The first-order chi connectivity index (χ1) is 10.5. The smallest absolute Gasteiger partial charge is 0.299 e. The first-order valence-electron chi connectivity index (χ1n) is 6.51. The lowest BCUT2D eigenvalue weighted by atomic mass is 9.99. The second kappa shape index (κ2) is 4.16. The second-order valence-electron chi connectivity index (χ2n) is 5.06. The molecule has 0 spiro atoms. The minimum atomic E-state index is -4.59. The van der Waals surface area contributed by atoms with Crippen molar-refractivity contribution < 1.29 is 18.0 Å². The minimum Gasteiger partial charge on any atom is -0.299 e. The van der Waals surface area contributed by atoms with Gasteiger partial charge in [-0.1, -0.05) is 18.2 Å². The van der Waals surface area contributed by atoms with E-state index in [-0.39, 0.29) is 5.69 Å². The number of carbonyl (C=O) groups excluding carboxylic acids is 1. The predicted octanol–water partition coefficient (Wildman–Crippen LogP) is 3.14. The summed E-state index contributed by atoms with van der Waals surface area (Å²) in [4.78, 5) is 20.7. The van der Waals surface area contributed by atoms with E-state index < -0.39 is 23.1 Å². The molecule has 0 fully saturated rings. The molecule has 0 N–H and O–H groups in total. The number of halogens is 3. The van der Waals surface area contributed by atoms with E-state index in [9.17, 15) is 18.0 Å². The molecule has 2 aliphatic rings. The molecule has 2 aliphatic heterocycles. The Morgan fingerprint density at radius 2 is 2.00 bits per heavy atom. The zero-order chi connectivity index (χ0) is 15.5. The Bertz CT molecular complexity index is 874. The number of alkyl halides is 3. The number of nitrogens with zero attached hydrogens (tertiary/aromatic N) is 3. The number of aromatic nitrogens is 2. The fourth-order valence-corrected chi connectivity index (χ4v) is 2.77. The molecule has 4 nitrogen and oxygen atoms in total. The summed E-state index contributed by atoms with van der Waals surface area (Å²) in [6.45, 7) is 0. The van der Waals surface area contributed by atoms with Crippen molar-refractivity contribution in [1.29, 1.82) is 0 Å². The number of imidazole rings is 1. The molecule has 7 heteroatoms. The number of carbonyl (C=O) groups is 1. The summed E-state index contributed by atoms with van der Waals surface area (Å²) in [6, 6.07) is 4.74. The highest BCUT2D eigenvalue weighted by molar-refractivity contribution is 6.20. The van der Waals surface area contributed by atoms with Crippen LogP contribution in [-0.2, 0) is 6.18 Å². The number of aliphatic imine (C=N–C) groups is 1. The average Bonchev–Trinajstić information content (AvgIpc) is 3.18. The Morgan fingerprint density at radius 3 is 2.77 bits per heavy atom. The van der Waals surface area contributed by atoms with Gasteiger partial charge < -0.3 is 0 Å². The lowest BCUT2D eigenvalue weighted by Gasteiger charge is -2.11. The van der Waals surface area contributed by atoms with Gasteiger partial charge in [0.15, 0.2) is 0 Å². The van der Waals surface area contributed by atoms with E-state index in [4.69, 9.17) is 0 Å². The van der Waals surface area contributed by atoms with Crippen molar-refractivity contribution >= 4 is 17.2 Å². The first kappa shape index (κ1) is 13.0. The molecule has 0 aliphatic carbocycles. The number of hydrogen-bond acceptors (Lipinski definition) is 3. The van der Waals surface area contributed by atoms with Crippen LogP contribution in [0.1, 0.15) is 33.7 Å². The molecule has 110 valence electrons. The van der Waals surface area contributed by atoms with E-state index in [2.05, 4.69) is 9.98 Å². The Labute approximate surface area is 122 Å². The topological polar surface area (TPSA) is 47.2 Å². The van der Waals surface area contributed by atoms with Crippen molar-refractivity contribution in [3.8, 4) is 0 Å². The third-order valence-corrected chi connectivity index (χ3v) is 3.76. The summed E-state index contributed by atoms with van der Waals surface area (Å²) >= 11 is 0.